The quantitative estimate of drug-likeness (QED) is 0.435. The molecule has 0 unspecified atom stereocenters. The Morgan fingerprint density at radius 1 is 1.08 bits per heavy atom. The number of Topliss-reactive ketones (excluding diaryl/α,β-unsaturated/α-hetero) is 1. The summed E-state index contributed by atoms with van der Waals surface area (Å²) in [5.74, 6) is 0.473. The van der Waals surface area contributed by atoms with Gasteiger partial charge in [-0.15, -0.1) is 10.2 Å². The van der Waals surface area contributed by atoms with E-state index in [1.807, 2.05) is 30.3 Å². The van der Waals surface area contributed by atoms with Gasteiger partial charge in [-0.05, 0) is 49.1 Å². The number of carbonyl (C=O) groups is 1. The lowest BCUT2D eigenvalue weighted by Crippen LogP contribution is -2.02. The Hall–Kier alpha value is -2.18. The van der Waals surface area contributed by atoms with E-state index in [9.17, 15) is 4.79 Å². The summed E-state index contributed by atoms with van der Waals surface area (Å²) in [4.78, 5) is 12.3. The van der Waals surface area contributed by atoms with Crippen molar-refractivity contribution in [2.24, 2.45) is 0 Å². The minimum atomic E-state index is 0.108. The Bertz CT molecular complexity index is 904. The minimum Gasteiger partial charge on any atom is -0.330 e. The summed E-state index contributed by atoms with van der Waals surface area (Å²) < 4.78 is 0.787. The molecule has 3 rings (SSSR count). The number of aromatic nitrogens is 2. The molecule has 0 amide bonds. The summed E-state index contributed by atoms with van der Waals surface area (Å²) in [6, 6.07) is 14.0. The molecule has 0 radical (unpaired) electrons. The van der Waals surface area contributed by atoms with Gasteiger partial charge >= 0.3 is 0 Å². The van der Waals surface area contributed by atoms with Crippen molar-refractivity contribution < 1.29 is 4.79 Å². The average Bonchev–Trinajstić information content (AvgIpc) is 3.10. The topological polar surface area (TPSA) is 54.9 Å². The monoisotopic (exact) mass is 383 g/mol. The molecule has 134 valence electrons. The molecule has 0 aliphatic rings. The van der Waals surface area contributed by atoms with Crippen LogP contribution >= 0.6 is 23.1 Å². The molecule has 3 aromatic rings. The third-order valence-electron chi connectivity index (χ3n) is 4.18. The second-order valence-electron chi connectivity index (χ2n) is 6.06. The van der Waals surface area contributed by atoms with Crippen LogP contribution in [0.5, 0.6) is 0 Å². The van der Waals surface area contributed by atoms with Crippen LogP contribution in [0.3, 0.4) is 0 Å². The van der Waals surface area contributed by atoms with Crippen molar-refractivity contribution in [3.8, 4) is 0 Å². The molecule has 1 N–H and O–H groups in total. The maximum absolute atomic E-state index is 12.3. The number of anilines is 2. The van der Waals surface area contributed by atoms with Gasteiger partial charge in [0.1, 0.15) is 0 Å². The van der Waals surface area contributed by atoms with Gasteiger partial charge in [0.05, 0.1) is 5.75 Å². The molecule has 0 saturated carbocycles. The fraction of sp³-hybridized carbons (Fsp3) is 0.250. The van der Waals surface area contributed by atoms with Crippen LogP contribution < -0.4 is 5.32 Å². The third-order valence-corrected chi connectivity index (χ3v) is 6.15. The number of rotatable bonds is 7. The van der Waals surface area contributed by atoms with Crippen molar-refractivity contribution in [2.75, 3.05) is 11.1 Å². The summed E-state index contributed by atoms with van der Waals surface area (Å²) in [5.41, 5.74) is 5.46. The number of benzene rings is 2. The Kier molecular flexibility index (Phi) is 6.06. The molecular weight excluding hydrogens is 362 g/mol. The third kappa shape index (κ3) is 4.71. The molecule has 0 bridgehead atoms. The maximum Gasteiger partial charge on any atom is 0.210 e. The van der Waals surface area contributed by atoms with Crippen LogP contribution in [0.2, 0.25) is 0 Å². The minimum absolute atomic E-state index is 0.108. The zero-order valence-corrected chi connectivity index (χ0v) is 16.7. The Balaban J connectivity index is 1.57. The molecule has 0 aliphatic heterocycles. The molecule has 1 aromatic heterocycles. The van der Waals surface area contributed by atoms with Crippen LogP contribution in [-0.4, -0.2) is 21.7 Å². The van der Waals surface area contributed by atoms with Gasteiger partial charge in [-0.3, -0.25) is 4.79 Å². The fourth-order valence-electron chi connectivity index (χ4n) is 2.40. The highest BCUT2D eigenvalue weighted by atomic mass is 32.2. The SMILES string of the molecule is CCc1ccc(C(=O)CSc2nnc(Nc3ccc(C)c(C)c3)s2)cc1. The van der Waals surface area contributed by atoms with E-state index < -0.39 is 0 Å². The molecule has 2 aromatic carbocycles. The number of thioether (sulfide) groups is 1. The van der Waals surface area contributed by atoms with E-state index >= 15 is 0 Å². The lowest BCUT2D eigenvalue weighted by Gasteiger charge is -2.05. The first-order valence-corrected chi connectivity index (χ1v) is 10.3. The number of hydrogen-bond acceptors (Lipinski definition) is 6. The second kappa shape index (κ2) is 8.47. The van der Waals surface area contributed by atoms with Crippen LogP contribution in [0.4, 0.5) is 10.8 Å². The number of nitrogens with one attached hydrogen (secondary N) is 1. The highest BCUT2D eigenvalue weighted by molar-refractivity contribution is 8.01. The van der Waals surface area contributed by atoms with Crippen LogP contribution in [0, 0.1) is 13.8 Å². The first kappa shape index (κ1) is 18.6. The average molecular weight is 384 g/mol. The van der Waals surface area contributed by atoms with E-state index in [0.29, 0.717) is 5.75 Å². The van der Waals surface area contributed by atoms with Gasteiger partial charge in [-0.2, -0.15) is 0 Å². The summed E-state index contributed by atoms with van der Waals surface area (Å²) in [5, 5.41) is 12.3. The Labute approximate surface area is 162 Å². The highest BCUT2D eigenvalue weighted by Crippen LogP contribution is 2.28. The zero-order valence-electron chi connectivity index (χ0n) is 15.1. The predicted molar refractivity (Wildman–Crippen MR) is 110 cm³/mol. The molecular formula is C20H21N3OS2. The number of carbonyl (C=O) groups excluding carboxylic acids is 1. The lowest BCUT2D eigenvalue weighted by molar-refractivity contribution is 0.102. The summed E-state index contributed by atoms with van der Waals surface area (Å²) in [7, 11) is 0. The van der Waals surface area contributed by atoms with Gasteiger partial charge in [0.2, 0.25) is 5.13 Å². The Morgan fingerprint density at radius 3 is 2.54 bits per heavy atom. The molecule has 26 heavy (non-hydrogen) atoms. The van der Waals surface area contributed by atoms with Gasteiger partial charge in [0, 0.05) is 11.3 Å². The van der Waals surface area contributed by atoms with Gasteiger partial charge in [0.15, 0.2) is 10.1 Å². The molecule has 0 aliphatic carbocycles. The van der Waals surface area contributed by atoms with Crippen molar-refractivity contribution in [1.82, 2.24) is 10.2 Å². The van der Waals surface area contributed by atoms with E-state index in [2.05, 4.69) is 48.4 Å². The van der Waals surface area contributed by atoms with Gasteiger partial charge in [-0.1, -0.05) is 60.4 Å². The van der Waals surface area contributed by atoms with Crippen LogP contribution in [0.25, 0.3) is 0 Å². The highest BCUT2D eigenvalue weighted by Gasteiger charge is 2.10. The Morgan fingerprint density at radius 2 is 1.85 bits per heavy atom. The second-order valence-corrected chi connectivity index (χ2v) is 8.26. The van der Waals surface area contributed by atoms with Crippen molar-refractivity contribution >= 4 is 39.7 Å². The number of nitrogens with zero attached hydrogens (tertiary/aromatic N) is 2. The maximum atomic E-state index is 12.3. The molecule has 0 saturated heterocycles. The lowest BCUT2D eigenvalue weighted by atomic mass is 10.1. The molecule has 1 heterocycles. The number of aryl methyl sites for hydroxylation is 3. The van der Waals surface area contributed by atoms with Crippen molar-refractivity contribution in [3.05, 3.63) is 64.7 Å². The van der Waals surface area contributed by atoms with E-state index in [-0.39, 0.29) is 5.78 Å². The van der Waals surface area contributed by atoms with Crippen LogP contribution in [0.1, 0.15) is 34.0 Å². The first-order valence-electron chi connectivity index (χ1n) is 8.48. The van der Waals surface area contributed by atoms with Gasteiger partial charge in [-0.25, -0.2) is 0 Å². The summed E-state index contributed by atoms with van der Waals surface area (Å²) in [6.07, 6.45) is 0.976. The van der Waals surface area contributed by atoms with E-state index in [4.69, 9.17) is 0 Å². The molecule has 0 atom stereocenters. The molecule has 0 spiro atoms. The van der Waals surface area contributed by atoms with E-state index in [1.165, 1.54) is 39.8 Å². The number of ketones is 1. The van der Waals surface area contributed by atoms with Gasteiger partial charge < -0.3 is 5.32 Å². The zero-order chi connectivity index (χ0) is 18.5. The summed E-state index contributed by atoms with van der Waals surface area (Å²) >= 11 is 2.88. The molecule has 0 fully saturated rings. The van der Waals surface area contributed by atoms with Crippen LogP contribution in [-0.2, 0) is 6.42 Å². The normalized spacial score (nSPS) is 10.7. The standard InChI is InChI=1S/C20H21N3OS2/c1-4-15-6-8-16(9-7-15)18(24)12-25-20-23-22-19(26-20)21-17-10-5-13(2)14(3)11-17/h5-11H,4,12H2,1-3H3,(H,21,22). The van der Waals surface area contributed by atoms with E-state index in [0.717, 1.165) is 27.1 Å². The predicted octanol–water partition coefficient (Wildman–Crippen LogP) is 5.44. The first-order chi connectivity index (χ1) is 12.5. The van der Waals surface area contributed by atoms with Gasteiger partial charge in [0.25, 0.3) is 0 Å². The molecule has 4 nitrogen and oxygen atoms in total. The van der Waals surface area contributed by atoms with Crippen molar-refractivity contribution in [3.63, 3.8) is 0 Å². The largest absolute Gasteiger partial charge is 0.330 e. The van der Waals surface area contributed by atoms with Crippen LogP contribution in [0.15, 0.2) is 46.8 Å². The van der Waals surface area contributed by atoms with E-state index in [1.54, 1.807) is 0 Å². The smallest absolute Gasteiger partial charge is 0.210 e. The van der Waals surface area contributed by atoms with Crippen molar-refractivity contribution in [1.29, 1.82) is 0 Å². The molecule has 6 heteroatoms. The number of hydrogen-bond donors (Lipinski definition) is 1. The van der Waals surface area contributed by atoms with Crippen molar-refractivity contribution in [2.45, 2.75) is 31.5 Å². The fourth-order valence-corrected chi connectivity index (χ4v) is 4.06. The summed E-state index contributed by atoms with van der Waals surface area (Å²) in [6.45, 7) is 6.28.